The van der Waals surface area contributed by atoms with E-state index >= 15 is 0 Å². The lowest BCUT2D eigenvalue weighted by Crippen LogP contribution is -2.22. The first-order chi connectivity index (χ1) is 8.00. The van der Waals surface area contributed by atoms with E-state index in [-0.39, 0.29) is 5.96 Å². The highest BCUT2D eigenvalue weighted by Gasteiger charge is 2.06. The van der Waals surface area contributed by atoms with Crippen LogP contribution in [0.15, 0.2) is 34.5 Å². The van der Waals surface area contributed by atoms with E-state index in [1.165, 1.54) is 5.56 Å². The molecule has 92 valence electrons. The Bertz CT molecular complexity index is 429. The van der Waals surface area contributed by atoms with E-state index < -0.39 is 0 Å². The fourth-order valence-electron chi connectivity index (χ4n) is 1.68. The molecular weight excluding hydrogens is 212 g/mol. The molecule has 0 amide bonds. The van der Waals surface area contributed by atoms with E-state index in [1.807, 2.05) is 25.1 Å². The minimum Gasteiger partial charge on any atom is -0.369 e. The van der Waals surface area contributed by atoms with Crippen LogP contribution in [-0.2, 0) is 6.42 Å². The van der Waals surface area contributed by atoms with Crippen molar-refractivity contribution in [3.63, 3.8) is 0 Å². The second-order valence-electron chi connectivity index (χ2n) is 4.47. The number of rotatable bonds is 4. The third kappa shape index (κ3) is 4.26. The summed E-state index contributed by atoms with van der Waals surface area (Å²) in [5, 5.41) is 7.70. The van der Waals surface area contributed by atoms with Gasteiger partial charge in [-0.3, -0.25) is 0 Å². The zero-order valence-electron chi connectivity index (χ0n) is 10.6. The number of benzene rings is 1. The Hall–Kier alpha value is -1.84. The number of nitrogens with two attached hydrogens (primary N) is 2. The number of guanidine groups is 1. The molecule has 0 saturated carbocycles. The van der Waals surface area contributed by atoms with Crippen LogP contribution in [0.5, 0.6) is 0 Å². The van der Waals surface area contributed by atoms with Crippen LogP contribution in [0.3, 0.4) is 0 Å². The fourth-order valence-corrected chi connectivity index (χ4v) is 1.68. The standard InChI is InChI=1S/C13H20N4/c1-9(2)8-11-6-4-5-7-12(11)10(3)16-17-13(14)15/h4-7,9H,8H2,1-3H3,(H4,14,15,17). The van der Waals surface area contributed by atoms with Crippen LogP contribution < -0.4 is 11.5 Å². The van der Waals surface area contributed by atoms with Crippen LogP contribution in [0.4, 0.5) is 0 Å². The summed E-state index contributed by atoms with van der Waals surface area (Å²) in [7, 11) is 0. The van der Waals surface area contributed by atoms with Crippen LogP contribution in [0.25, 0.3) is 0 Å². The van der Waals surface area contributed by atoms with Crippen LogP contribution in [0.1, 0.15) is 31.9 Å². The molecule has 0 fully saturated rings. The molecule has 0 aromatic heterocycles. The topological polar surface area (TPSA) is 76.8 Å². The molecule has 0 saturated heterocycles. The zero-order chi connectivity index (χ0) is 12.8. The molecule has 0 bridgehead atoms. The first-order valence-electron chi connectivity index (χ1n) is 5.72. The van der Waals surface area contributed by atoms with E-state index in [2.05, 4.69) is 30.1 Å². The largest absolute Gasteiger partial charge is 0.369 e. The highest BCUT2D eigenvalue weighted by Crippen LogP contribution is 2.15. The van der Waals surface area contributed by atoms with Crippen LogP contribution in [-0.4, -0.2) is 11.7 Å². The number of nitrogens with zero attached hydrogens (tertiary/aromatic N) is 2. The van der Waals surface area contributed by atoms with E-state index in [4.69, 9.17) is 11.5 Å². The molecule has 0 unspecified atom stereocenters. The third-order valence-corrected chi connectivity index (χ3v) is 2.35. The average molecular weight is 232 g/mol. The highest BCUT2D eigenvalue weighted by atomic mass is 15.3. The summed E-state index contributed by atoms with van der Waals surface area (Å²) in [6.45, 7) is 6.30. The molecule has 4 N–H and O–H groups in total. The molecule has 0 radical (unpaired) electrons. The summed E-state index contributed by atoms with van der Waals surface area (Å²) < 4.78 is 0. The lowest BCUT2D eigenvalue weighted by Gasteiger charge is -2.10. The second-order valence-corrected chi connectivity index (χ2v) is 4.47. The van der Waals surface area contributed by atoms with Crippen molar-refractivity contribution in [2.75, 3.05) is 0 Å². The molecule has 0 spiro atoms. The quantitative estimate of drug-likeness (QED) is 0.472. The van der Waals surface area contributed by atoms with Crippen molar-refractivity contribution in [3.05, 3.63) is 35.4 Å². The molecule has 0 atom stereocenters. The molecule has 1 aromatic rings. The summed E-state index contributed by atoms with van der Waals surface area (Å²) in [4.78, 5) is 0. The summed E-state index contributed by atoms with van der Waals surface area (Å²) in [6.07, 6.45) is 1.02. The molecule has 4 heteroatoms. The van der Waals surface area contributed by atoms with Gasteiger partial charge in [0.05, 0.1) is 5.71 Å². The monoisotopic (exact) mass is 232 g/mol. The van der Waals surface area contributed by atoms with E-state index in [0.29, 0.717) is 5.92 Å². The molecule has 0 heterocycles. The van der Waals surface area contributed by atoms with Gasteiger partial charge in [-0.05, 0) is 24.8 Å². The maximum atomic E-state index is 5.26. The van der Waals surface area contributed by atoms with Gasteiger partial charge in [0.25, 0.3) is 0 Å². The summed E-state index contributed by atoms with van der Waals surface area (Å²) in [5.74, 6) is 0.581. The molecule has 0 aliphatic heterocycles. The Balaban J connectivity index is 3.04. The SMILES string of the molecule is CC(=NN=C(N)N)c1ccccc1CC(C)C. The van der Waals surface area contributed by atoms with Crippen LogP contribution in [0, 0.1) is 5.92 Å². The van der Waals surface area contributed by atoms with Gasteiger partial charge in [-0.1, -0.05) is 38.1 Å². The van der Waals surface area contributed by atoms with Gasteiger partial charge in [-0.15, -0.1) is 5.10 Å². The lowest BCUT2D eigenvalue weighted by molar-refractivity contribution is 0.646. The highest BCUT2D eigenvalue weighted by molar-refractivity contribution is 6.00. The predicted molar refractivity (Wildman–Crippen MR) is 73.0 cm³/mol. The van der Waals surface area contributed by atoms with Crippen molar-refractivity contribution in [2.45, 2.75) is 27.2 Å². The Kier molecular flexibility index (Phi) is 4.69. The molecule has 1 aromatic carbocycles. The molecule has 17 heavy (non-hydrogen) atoms. The first-order valence-corrected chi connectivity index (χ1v) is 5.72. The van der Waals surface area contributed by atoms with E-state index in [0.717, 1.165) is 17.7 Å². The second kappa shape index (κ2) is 6.03. The number of hydrogen-bond donors (Lipinski definition) is 2. The Morgan fingerprint density at radius 3 is 2.41 bits per heavy atom. The van der Waals surface area contributed by atoms with Crippen molar-refractivity contribution >= 4 is 11.7 Å². The molecule has 0 aliphatic carbocycles. The summed E-state index contributed by atoms with van der Waals surface area (Å²) >= 11 is 0. The normalized spacial score (nSPS) is 11.6. The maximum Gasteiger partial charge on any atom is 0.211 e. The molecule has 0 aliphatic rings. The molecular formula is C13H20N4. The van der Waals surface area contributed by atoms with Crippen molar-refractivity contribution in [2.24, 2.45) is 27.6 Å². The lowest BCUT2D eigenvalue weighted by atomic mass is 9.96. The van der Waals surface area contributed by atoms with Gasteiger partial charge in [-0.25, -0.2) is 0 Å². The Morgan fingerprint density at radius 1 is 1.18 bits per heavy atom. The predicted octanol–water partition coefficient (Wildman–Crippen LogP) is 1.88. The van der Waals surface area contributed by atoms with Gasteiger partial charge in [0.15, 0.2) is 0 Å². The van der Waals surface area contributed by atoms with Crippen molar-refractivity contribution in [1.82, 2.24) is 0 Å². The van der Waals surface area contributed by atoms with Gasteiger partial charge in [0.2, 0.25) is 5.96 Å². The van der Waals surface area contributed by atoms with Gasteiger partial charge < -0.3 is 11.5 Å². The van der Waals surface area contributed by atoms with Crippen molar-refractivity contribution in [3.8, 4) is 0 Å². The minimum atomic E-state index is -0.0225. The average Bonchev–Trinajstić information content (AvgIpc) is 2.25. The maximum absolute atomic E-state index is 5.26. The minimum absolute atomic E-state index is 0.0225. The molecule has 1 rings (SSSR count). The summed E-state index contributed by atoms with van der Waals surface area (Å²) in [6, 6.07) is 8.19. The first kappa shape index (κ1) is 13.2. The third-order valence-electron chi connectivity index (χ3n) is 2.35. The van der Waals surface area contributed by atoms with Gasteiger partial charge in [-0.2, -0.15) is 5.10 Å². The van der Waals surface area contributed by atoms with Crippen LogP contribution >= 0.6 is 0 Å². The van der Waals surface area contributed by atoms with Crippen molar-refractivity contribution in [1.29, 1.82) is 0 Å². The van der Waals surface area contributed by atoms with E-state index in [9.17, 15) is 0 Å². The van der Waals surface area contributed by atoms with E-state index in [1.54, 1.807) is 0 Å². The Morgan fingerprint density at radius 2 is 1.82 bits per heavy atom. The fraction of sp³-hybridized carbons (Fsp3) is 0.385. The zero-order valence-corrected chi connectivity index (χ0v) is 10.6. The Labute approximate surface area is 102 Å². The number of hydrogen-bond acceptors (Lipinski definition) is 2. The van der Waals surface area contributed by atoms with Gasteiger partial charge in [0.1, 0.15) is 0 Å². The van der Waals surface area contributed by atoms with Crippen LogP contribution in [0.2, 0.25) is 0 Å². The van der Waals surface area contributed by atoms with Crippen molar-refractivity contribution < 1.29 is 0 Å². The summed E-state index contributed by atoms with van der Waals surface area (Å²) in [5.41, 5.74) is 13.7. The molecule has 4 nitrogen and oxygen atoms in total. The van der Waals surface area contributed by atoms with Gasteiger partial charge in [0, 0.05) is 5.56 Å². The smallest absolute Gasteiger partial charge is 0.211 e. The van der Waals surface area contributed by atoms with Gasteiger partial charge >= 0.3 is 0 Å².